The minimum atomic E-state index is -0.434. The molecule has 0 aliphatic rings. The van der Waals surface area contributed by atoms with Crippen LogP contribution in [-0.4, -0.2) is 11.0 Å². The number of allylic oxidation sites excluding steroid dienone is 2. The zero-order chi connectivity index (χ0) is 24.9. The zero-order valence-electron chi connectivity index (χ0n) is 19.7. The summed E-state index contributed by atoms with van der Waals surface area (Å²) in [6.07, 6.45) is 1.75. The molecule has 6 nitrogen and oxygen atoms in total. The first-order valence-electron chi connectivity index (χ1n) is 11.1. The van der Waals surface area contributed by atoms with Crippen LogP contribution in [0.5, 0.6) is 5.75 Å². The highest BCUT2D eigenvalue weighted by molar-refractivity contribution is 6.12. The minimum Gasteiger partial charge on any atom is -0.505 e. The van der Waals surface area contributed by atoms with Crippen LogP contribution in [0.15, 0.2) is 89.1 Å². The maximum atomic E-state index is 13.1. The van der Waals surface area contributed by atoms with Gasteiger partial charge in [-0.15, -0.1) is 5.11 Å². The second kappa shape index (κ2) is 10.0. The van der Waals surface area contributed by atoms with Crippen molar-refractivity contribution in [2.75, 3.05) is 5.32 Å². The molecule has 0 aromatic heterocycles. The van der Waals surface area contributed by atoms with Gasteiger partial charge in [0, 0.05) is 11.1 Å². The molecule has 1 amide bonds. The highest BCUT2D eigenvalue weighted by Crippen LogP contribution is 2.39. The number of phenolic OH excluding ortho intramolecular Hbond substituents is 1. The molecule has 0 heterocycles. The molecule has 0 bridgehead atoms. The molecule has 6 heteroatoms. The van der Waals surface area contributed by atoms with E-state index in [0.717, 1.165) is 22.1 Å². The summed E-state index contributed by atoms with van der Waals surface area (Å²) in [5.41, 5.74) is 4.93. The summed E-state index contributed by atoms with van der Waals surface area (Å²) >= 11 is 0. The highest BCUT2D eigenvalue weighted by atomic mass is 16.3. The number of hydrogen-bond acceptors (Lipinski definition) is 5. The van der Waals surface area contributed by atoms with E-state index in [2.05, 4.69) is 21.6 Å². The number of nitrogens with zero attached hydrogens (tertiary/aromatic N) is 3. The van der Waals surface area contributed by atoms with Crippen molar-refractivity contribution in [1.29, 1.82) is 5.26 Å². The van der Waals surface area contributed by atoms with Crippen LogP contribution >= 0.6 is 0 Å². The molecular formula is C29H24N4O2. The Labute approximate surface area is 203 Å². The molecule has 4 rings (SSSR count). The van der Waals surface area contributed by atoms with Crippen LogP contribution in [0.25, 0.3) is 16.3 Å². The predicted molar refractivity (Wildman–Crippen MR) is 139 cm³/mol. The van der Waals surface area contributed by atoms with Gasteiger partial charge < -0.3 is 10.4 Å². The number of fused-ring (bicyclic) bond motifs is 1. The van der Waals surface area contributed by atoms with Crippen LogP contribution in [0.2, 0.25) is 0 Å². The van der Waals surface area contributed by atoms with E-state index < -0.39 is 5.91 Å². The molecule has 4 aromatic rings. The van der Waals surface area contributed by atoms with Gasteiger partial charge in [-0.25, -0.2) is 0 Å². The number of hydrogen-bond donors (Lipinski definition) is 2. The number of amides is 1. The van der Waals surface area contributed by atoms with Gasteiger partial charge in [0.05, 0.1) is 22.9 Å². The Hall–Kier alpha value is -4.76. The molecule has 0 saturated heterocycles. The first-order chi connectivity index (χ1) is 16.9. The standard InChI is InChI=1S/C29H24N4O2/c1-4-20(17-30)21-10-12-23(13-11-21)32-33-27-24-8-6-5-7-22(24)16-25(28(27)34)29(35)31-26-14-9-18(2)15-19(26)3/h4-16,34H,1-3H3,(H,31,35). The fraction of sp³-hybridized carbons (Fsp3) is 0.103. The van der Waals surface area contributed by atoms with E-state index in [9.17, 15) is 15.2 Å². The Morgan fingerprint density at radius 3 is 2.43 bits per heavy atom. The van der Waals surface area contributed by atoms with Crippen LogP contribution < -0.4 is 5.32 Å². The normalized spacial score (nSPS) is 11.5. The van der Waals surface area contributed by atoms with Crippen LogP contribution in [0, 0.1) is 25.2 Å². The molecule has 0 radical (unpaired) electrons. The van der Waals surface area contributed by atoms with Crippen LogP contribution in [0.3, 0.4) is 0 Å². The SMILES string of the molecule is CC=C(C#N)c1ccc(N=Nc2c(O)c(C(=O)Nc3ccc(C)cc3C)cc3ccccc23)cc1. The Kier molecular flexibility index (Phi) is 6.70. The molecule has 0 aliphatic heterocycles. The van der Waals surface area contributed by atoms with Crippen LogP contribution in [-0.2, 0) is 0 Å². The van der Waals surface area contributed by atoms with Crippen molar-refractivity contribution < 1.29 is 9.90 Å². The molecule has 172 valence electrons. The molecule has 0 saturated carbocycles. The monoisotopic (exact) mass is 460 g/mol. The predicted octanol–water partition coefficient (Wildman–Crippen LogP) is 7.76. The third kappa shape index (κ3) is 4.94. The highest BCUT2D eigenvalue weighted by Gasteiger charge is 2.19. The summed E-state index contributed by atoms with van der Waals surface area (Å²) < 4.78 is 0. The molecular weight excluding hydrogens is 436 g/mol. The van der Waals surface area contributed by atoms with Crippen LogP contribution in [0.4, 0.5) is 17.1 Å². The van der Waals surface area contributed by atoms with E-state index >= 15 is 0 Å². The Morgan fingerprint density at radius 2 is 1.74 bits per heavy atom. The number of aromatic hydroxyl groups is 1. The number of phenols is 1. The number of nitrogens with one attached hydrogen (secondary N) is 1. The third-order valence-corrected chi connectivity index (χ3v) is 5.72. The van der Waals surface area contributed by atoms with Crippen molar-refractivity contribution in [1.82, 2.24) is 0 Å². The maximum absolute atomic E-state index is 13.1. The molecule has 4 aromatic carbocycles. The van der Waals surface area contributed by atoms with Gasteiger partial charge in [-0.3, -0.25) is 4.79 Å². The Bertz CT molecular complexity index is 1530. The van der Waals surface area contributed by atoms with Gasteiger partial charge in [0.1, 0.15) is 5.69 Å². The second-order valence-corrected chi connectivity index (χ2v) is 8.18. The summed E-state index contributed by atoms with van der Waals surface area (Å²) in [6.45, 7) is 5.72. The number of nitriles is 1. The van der Waals surface area contributed by atoms with Crippen molar-refractivity contribution in [3.63, 3.8) is 0 Å². The molecule has 0 aliphatic carbocycles. The van der Waals surface area contributed by atoms with Gasteiger partial charge in [0.2, 0.25) is 0 Å². The van der Waals surface area contributed by atoms with E-state index in [0.29, 0.717) is 22.3 Å². The average molecular weight is 461 g/mol. The van der Waals surface area contributed by atoms with Gasteiger partial charge in [0.15, 0.2) is 5.75 Å². The molecule has 0 unspecified atom stereocenters. The lowest BCUT2D eigenvalue weighted by Gasteiger charge is -2.13. The molecule has 0 spiro atoms. The number of azo groups is 1. The Morgan fingerprint density at radius 1 is 1.00 bits per heavy atom. The first kappa shape index (κ1) is 23.4. The minimum absolute atomic E-state index is 0.111. The molecule has 0 fully saturated rings. The van der Waals surface area contributed by atoms with Crippen molar-refractivity contribution in [2.24, 2.45) is 10.2 Å². The second-order valence-electron chi connectivity index (χ2n) is 8.18. The number of aryl methyl sites for hydroxylation is 2. The summed E-state index contributed by atoms with van der Waals surface area (Å²) in [7, 11) is 0. The van der Waals surface area contributed by atoms with E-state index in [1.165, 1.54) is 0 Å². The van der Waals surface area contributed by atoms with Gasteiger partial charge >= 0.3 is 0 Å². The van der Waals surface area contributed by atoms with Crippen molar-refractivity contribution in [2.45, 2.75) is 20.8 Å². The number of anilines is 1. The average Bonchev–Trinajstić information content (AvgIpc) is 2.86. The maximum Gasteiger partial charge on any atom is 0.259 e. The van der Waals surface area contributed by atoms with Gasteiger partial charge in [-0.05, 0) is 61.5 Å². The van der Waals surface area contributed by atoms with Crippen LogP contribution in [0.1, 0.15) is 34.0 Å². The summed E-state index contributed by atoms with van der Waals surface area (Å²) in [5.74, 6) is -0.677. The summed E-state index contributed by atoms with van der Waals surface area (Å²) in [4.78, 5) is 13.1. The smallest absolute Gasteiger partial charge is 0.259 e. The Balaban J connectivity index is 1.72. The van der Waals surface area contributed by atoms with Crippen molar-refractivity contribution >= 4 is 39.3 Å². The van der Waals surface area contributed by atoms with Gasteiger partial charge in [0.25, 0.3) is 5.91 Å². The third-order valence-electron chi connectivity index (χ3n) is 5.72. The van der Waals surface area contributed by atoms with E-state index in [-0.39, 0.29) is 17.0 Å². The lowest BCUT2D eigenvalue weighted by Crippen LogP contribution is -2.13. The zero-order valence-corrected chi connectivity index (χ0v) is 19.7. The fourth-order valence-electron chi connectivity index (χ4n) is 3.85. The summed E-state index contributed by atoms with van der Waals surface area (Å²) in [6, 6.07) is 24.0. The van der Waals surface area contributed by atoms with Crippen molar-refractivity contribution in [3.05, 3.63) is 101 Å². The van der Waals surface area contributed by atoms with E-state index in [1.54, 1.807) is 36.4 Å². The van der Waals surface area contributed by atoms with E-state index in [4.69, 9.17) is 0 Å². The number of rotatable bonds is 5. The van der Waals surface area contributed by atoms with Crippen molar-refractivity contribution in [3.8, 4) is 11.8 Å². The lowest BCUT2D eigenvalue weighted by molar-refractivity contribution is 0.102. The molecule has 35 heavy (non-hydrogen) atoms. The van der Waals surface area contributed by atoms with E-state index in [1.807, 2.05) is 63.2 Å². The van der Waals surface area contributed by atoms with Gasteiger partial charge in [-0.2, -0.15) is 10.4 Å². The number of carbonyl (C=O) groups is 1. The lowest BCUT2D eigenvalue weighted by atomic mass is 10.0. The largest absolute Gasteiger partial charge is 0.505 e. The topological polar surface area (TPSA) is 97.8 Å². The first-order valence-corrected chi connectivity index (χ1v) is 11.1. The quantitative estimate of drug-likeness (QED) is 0.235. The number of benzene rings is 4. The molecule has 0 atom stereocenters. The van der Waals surface area contributed by atoms with Gasteiger partial charge in [-0.1, -0.05) is 60.2 Å². The number of carbonyl (C=O) groups excluding carboxylic acids is 1. The summed E-state index contributed by atoms with van der Waals surface area (Å²) in [5, 5.41) is 33.2. The molecule has 2 N–H and O–H groups in total. The fourth-order valence-corrected chi connectivity index (χ4v) is 3.85.